The molecule has 8 nitrogen and oxygen atoms in total. The number of hydrogen-bond acceptors (Lipinski definition) is 6. The number of carbonyl (C=O) groups excluding carboxylic acids is 2. The van der Waals surface area contributed by atoms with Crippen LogP contribution in [0.25, 0.3) is 0 Å². The largest absolute Gasteiger partial charge is 0.497 e. The molecule has 0 atom stereocenters. The normalized spacial score (nSPS) is 15.1. The van der Waals surface area contributed by atoms with Gasteiger partial charge < -0.3 is 24.8 Å². The van der Waals surface area contributed by atoms with Crippen LogP contribution in [0.5, 0.6) is 11.5 Å². The summed E-state index contributed by atoms with van der Waals surface area (Å²) in [6.07, 6.45) is 0. The highest BCUT2D eigenvalue weighted by Crippen LogP contribution is 2.30. The molecule has 0 bridgehead atoms. The average Bonchev–Trinajstić information content (AvgIpc) is 2.68. The van der Waals surface area contributed by atoms with Crippen molar-refractivity contribution in [3.8, 4) is 11.5 Å². The van der Waals surface area contributed by atoms with Crippen LogP contribution in [-0.4, -0.2) is 70.3 Å². The first-order valence-corrected chi connectivity index (χ1v) is 9.00. The SMILES string of the molecule is COc1ccc(NC(=O)C(C)(C)C(=O)NCCN2CCOCC2)c(OC)c1. The standard InChI is InChI=1S/C19H29N3O5/c1-19(2,17(23)20-7-8-22-9-11-27-12-10-22)18(24)21-15-6-5-14(25-3)13-16(15)26-4/h5-6,13H,7-12H2,1-4H3,(H,20,23)(H,21,24). The van der Waals surface area contributed by atoms with Gasteiger partial charge in [0, 0.05) is 32.2 Å². The molecule has 0 aromatic heterocycles. The second kappa shape index (κ2) is 9.57. The number of anilines is 1. The third-order valence-corrected chi connectivity index (χ3v) is 4.61. The Labute approximate surface area is 160 Å². The van der Waals surface area contributed by atoms with Gasteiger partial charge >= 0.3 is 0 Å². The van der Waals surface area contributed by atoms with Crippen molar-refractivity contribution in [3.63, 3.8) is 0 Å². The number of rotatable bonds is 8. The molecule has 1 saturated heterocycles. The van der Waals surface area contributed by atoms with Crippen LogP contribution in [0.1, 0.15) is 13.8 Å². The van der Waals surface area contributed by atoms with Crippen molar-refractivity contribution in [1.82, 2.24) is 10.2 Å². The van der Waals surface area contributed by atoms with Crippen molar-refractivity contribution in [1.29, 1.82) is 0 Å². The quantitative estimate of drug-likeness (QED) is 0.658. The molecule has 1 heterocycles. The zero-order chi connectivity index (χ0) is 19.9. The van der Waals surface area contributed by atoms with Crippen molar-refractivity contribution in [3.05, 3.63) is 18.2 Å². The number of methoxy groups -OCH3 is 2. The van der Waals surface area contributed by atoms with Crippen molar-refractivity contribution >= 4 is 17.5 Å². The molecule has 2 amide bonds. The zero-order valence-electron chi connectivity index (χ0n) is 16.5. The smallest absolute Gasteiger partial charge is 0.239 e. The monoisotopic (exact) mass is 379 g/mol. The van der Waals surface area contributed by atoms with Crippen LogP contribution in [0, 0.1) is 5.41 Å². The van der Waals surface area contributed by atoms with E-state index in [0.29, 0.717) is 36.9 Å². The van der Waals surface area contributed by atoms with Gasteiger partial charge in [-0.1, -0.05) is 0 Å². The number of nitrogens with zero attached hydrogens (tertiary/aromatic N) is 1. The summed E-state index contributed by atoms with van der Waals surface area (Å²) in [5, 5.41) is 5.62. The van der Waals surface area contributed by atoms with E-state index in [1.807, 2.05) is 0 Å². The zero-order valence-corrected chi connectivity index (χ0v) is 16.5. The Kier molecular flexibility index (Phi) is 7.44. The van der Waals surface area contributed by atoms with Crippen LogP contribution in [0.3, 0.4) is 0 Å². The van der Waals surface area contributed by atoms with E-state index in [2.05, 4.69) is 15.5 Å². The molecular formula is C19H29N3O5. The van der Waals surface area contributed by atoms with Gasteiger partial charge in [0.05, 0.1) is 33.1 Å². The Balaban J connectivity index is 1.92. The van der Waals surface area contributed by atoms with Crippen LogP contribution >= 0.6 is 0 Å². The maximum Gasteiger partial charge on any atom is 0.239 e. The predicted molar refractivity (Wildman–Crippen MR) is 102 cm³/mol. The van der Waals surface area contributed by atoms with Gasteiger partial charge in [-0.2, -0.15) is 0 Å². The number of nitrogens with one attached hydrogen (secondary N) is 2. The van der Waals surface area contributed by atoms with E-state index in [0.717, 1.165) is 19.6 Å². The molecule has 0 spiro atoms. The van der Waals surface area contributed by atoms with Gasteiger partial charge in [0.15, 0.2) is 0 Å². The van der Waals surface area contributed by atoms with E-state index >= 15 is 0 Å². The summed E-state index contributed by atoms with van der Waals surface area (Å²) in [6, 6.07) is 5.07. The lowest BCUT2D eigenvalue weighted by Gasteiger charge is -2.28. The van der Waals surface area contributed by atoms with Gasteiger partial charge in [0.25, 0.3) is 0 Å². The molecule has 1 fully saturated rings. The minimum absolute atomic E-state index is 0.319. The minimum Gasteiger partial charge on any atom is -0.497 e. The molecule has 1 aromatic rings. The summed E-state index contributed by atoms with van der Waals surface area (Å²) in [5.74, 6) is 0.353. The van der Waals surface area contributed by atoms with Crippen molar-refractivity contribution in [2.24, 2.45) is 5.41 Å². The Morgan fingerprint density at radius 1 is 1.15 bits per heavy atom. The van der Waals surface area contributed by atoms with Crippen LogP contribution < -0.4 is 20.1 Å². The van der Waals surface area contributed by atoms with E-state index in [1.54, 1.807) is 39.2 Å². The minimum atomic E-state index is -1.23. The second-order valence-corrected chi connectivity index (χ2v) is 6.86. The topological polar surface area (TPSA) is 89.1 Å². The van der Waals surface area contributed by atoms with Crippen molar-refractivity contribution < 1.29 is 23.8 Å². The number of benzene rings is 1. The van der Waals surface area contributed by atoms with E-state index in [4.69, 9.17) is 14.2 Å². The van der Waals surface area contributed by atoms with Crippen LogP contribution in [0.4, 0.5) is 5.69 Å². The number of ether oxygens (including phenoxy) is 3. The number of amides is 2. The van der Waals surface area contributed by atoms with Crippen molar-refractivity contribution in [2.75, 3.05) is 58.9 Å². The van der Waals surface area contributed by atoms with E-state index in [1.165, 1.54) is 7.11 Å². The lowest BCUT2D eigenvalue weighted by atomic mass is 9.91. The van der Waals surface area contributed by atoms with Crippen LogP contribution in [0.2, 0.25) is 0 Å². The Morgan fingerprint density at radius 3 is 2.48 bits per heavy atom. The van der Waals surface area contributed by atoms with E-state index < -0.39 is 11.3 Å². The highest BCUT2D eigenvalue weighted by Gasteiger charge is 2.36. The fraction of sp³-hybridized carbons (Fsp3) is 0.579. The van der Waals surface area contributed by atoms with Gasteiger partial charge in [-0.05, 0) is 26.0 Å². The molecule has 8 heteroatoms. The average molecular weight is 379 g/mol. The molecule has 2 rings (SSSR count). The van der Waals surface area contributed by atoms with E-state index in [9.17, 15) is 9.59 Å². The number of hydrogen-bond donors (Lipinski definition) is 2. The molecule has 1 aromatic carbocycles. The first kappa shape index (κ1) is 21.0. The fourth-order valence-corrected chi connectivity index (χ4v) is 2.66. The van der Waals surface area contributed by atoms with Gasteiger partial charge in [0.1, 0.15) is 16.9 Å². The third-order valence-electron chi connectivity index (χ3n) is 4.61. The van der Waals surface area contributed by atoms with Gasteiger partial charge in [-0.15, -0.1) is 0 Å². The van der Waals surface area contributed by atoms with Gasteiger partial charge in [0.2, 0.25) is 11.8 Å². The summed E-state index contributed by atoms with van der Waals surface area (Å²) in [6.45, 7) is 7.57. The molecule has 0 aliphatic carbocycles. The molecule has 1 aliphatic rings. The summed E-state index contributed by atoms with van der Waals surface area (Å²) in [7, 11) is 3.06. The van der Waals surface area contributed by atoms with Crippen LogP contribution in [0.15, 0.2) is 18.2 Å². The molecule has 150 valence electrons. The maximum absolute atomic E-state index is 12.7. The Hall–Kier alpha value is -2.32. The van der Waals surface area contributed by atoms with Gasteiger partial charge in [-0.25, -0.2) is 0 Å². The maximum atomic E-state index is 12.7. The predicted octanol–water partition coefficient (Wildman–Crippen LogP) is 1.12. The summed E-state index contributed by atoms with van der Waals surface area (Å²) < 4.78 is 15.7. The molecule has 27 heavy (non-hydrogen) atoms. The second-order valence-electron chi connectivity index (χ2n) is 6.86. The lowest BCUT2D eigenvalue weighted by Crippen LogP contribution is -2.48. The van der Waals surface area contributed by atoms with Crippen LogP contribution in [-0.2, 0) is 14.3 Å². The molecule has 1 aliphatic heterocycles. The lowest BCUT2D eigenvalue weighted by molar-refractivity contribution is -0.138. The fourth-order valence-electron chi connectivity index (χ4n) is 2.66. The number of morpholine rings is 1. The molecule has 0 unspecified atom stereocenters. The highest BCUT2D eigenvalue weighted by molar-refractivity contribution is 6.10. The summed E-state index contributed by atoms with van der Waals surface area (Å²) in [5.41, 5.74) is -0.742. The van der Waals surface area contributed by atoms with Crippen molar-refractivity contribution in [2.45, 2.75) is 13.8 Å². The highest BCUT2D eigenvalue weighted by atomic mass is 16.5. The first-order valence-electron chi connectivity index (χ1n) is 9.00. The summed E-state index contributed by atoms with van der Waals surface area (Å²) >= 11 is 0. The summed E-state index contributed by atoms with van der Waals surface area (Å²) in [4.78, 5) is 27.4. The Morgan fingerprint density at radius 2 is 1.85 bits per heavy atom. The van der Waals surface area contributed by atoms with Gasteiger partial charge in [-0.3, -0.25) is 14.5 Å². The number of carbonyl (C=O) groups is 2. The molecule has 2 N–H and O–H groups in total. The van der Waals surface area contributed by atoms with E-state index in [-0.39, 0.29) is 5.91 Å². The molecule has 0 radical (unpaired) electrons. The first-order chi connectivity index (χ1) is 12.9. The third kappa shape index (κ3) is 5.58. The Bertz CT molecular complexity index is 657. The molecule has 0 saturated carbocycles. The molecular weight excluding hydrogens is 350 g/mol.